The van der Waals surface area contributed by atoms with Gasteiger partial charge in [-0.2, -0.15) is 0 Å². The van der Waals surface area contributed by atoms with Crippen molar-refractivity contribution in [3.63, 3.8) is 0 Å². The van der Waals surface area contributed by atoms with E-state index in [0.717, 1.165) is 18.6 Å². The van der Waals surface area contributed by atoms with Gasteiger partial charge < -0.3 is 5.32 Å². The largest absolute Gasteiger partial charge is 0.317 e. The van der Waals surface area contributed by atoms with Gasteiger partial charge in [-0.15, -0.1) is 0 Å². The smallest absolute Gasteiger partial charge is 0.0348 e. The van der Waals surface area contributed by atoms with Crippen LogP contribution in [0.4, 0.5) is 0 Å². The minimum atomic E-state index is -0.553. The van der Waals surface area contributed by atoms with Crippen LogP contribution in [0.15, 0.2) is 0 Å². The first-order valence-corrected chi connectivity index (χ1v) is 7.66. The van der Waals surface area contributed by atoms with E-state index < -0.39 is 10.8 Å². The lowest BCUT2D eigenvalue weighted by Gasteiger charge is -2.21. The Labute approximate surface area is 96.7 Å². The van der Waals surface area contributed by atoms with Gasteiger partial charge in [0.25, 0.3) is 0 Å². The predicted octanol–water partition coefficient (Wildman–Crippen LogP) is 2.46. The van der Waals surface area contributed by atoms with E-state index in [4.69, 9.17) is 0 Å². The van der Waals surface area contributed by atoms with Crippen LogP contribution >= 0.6 is 0 Å². The van der Waals surface area contributed by atoms with E-state index in [-0.39, 0.29) is 0 Å². The second-order valence-corrected chi connectivity index (χ2v) is 6.51. The summed E-state index contributed by atoms with van der Waals surface area (Å²) in [5.41, 5.74) is 0. The molecule has 0 aromatic carbocycles. The average Bonchev–Trinajstić information content (AvgIpc) is 2.29. The third-order valence-electron chi connectivity index (χ3n) is 3.40. The molecule has 90 valence electrons. The van der Waals surface area contributed by atoms with Crippen molar-refractivity contribution >= 4 is 10.8 Å². The van der Waals surface area contributed by atoms with E-state index in [0.29, 0.717) is 11.3 Å². The fraction of sp³-hybridized carbons (Fsp3) is 1.00. The topological polar surface area (TPSA) is 29.1 Å². The van der Waals surface area contributed by atoms with Gasteiger partial charge in [-0.25, -0.2) is 0 Å². The van der Waals surface area contributed by atoms with Gasteiger partial charge in [-0.05, 0) is 39.7 Å². The summed E-state index contributed by atoms with van der Waals surface area (Å²) in [6.45, 7) is 2.18. The maximum absolute atomic E-state index is 12.0. The molecule has 0 amide bonds. The molecule has 0 radical (unpaired) electrons. The van der Waals surface area contributed by atoms with Crippen LogP contribution in [0.1, 0.15) is 51.9 Å². The molecule has 0 aromatic rings. The third-order valence-corrected chi connectivity index (χ3v) is 5.31. The van der Waals surface area contributed by atoms with E-state index in [9.17, 15) is 4.21 Å². The first-order valence-electron chi connectivity index (χ1n) is 6.28. The molecule has 0 aromatic heterocycles. The first-order chi connectivity index (χ1) is 7.24. The molecule has 1 aliphatic rings. The van der Waals surface area contributed by atoms with Crippen molar-refractivity contribution < 1.29 is 4.21 Å². The predicted molar refractivity (Wildman–Crippen MR) is 67.6 cm³/mol. The van der Waals surface area contributed by atoms with Crippen molar-refractivity contribution in [3.8, 4) is 0 Å². The second-order valence-electron chi connectivity index (χ2n) is 4.68. The molecule has 15 heavy (non-hydrogen) atoms. The Morgan fingerprint density at radius 3 is 2.60 bits per heavy atom. The molecule has 1 N–H and O–H groups in total. The lowest BCUT2D eigenvalue weighted by molar-refractivity contribution is 0.502. The Hall–Kier alpha value is 0.110. The van der Waals surface area contributed by atoms with E-state index in [1.54, 1.807) is 0 Å². The molecule has 1 saturated carbocycles. The lowest BCUT2D eigenvalue weighted by Crippen LogP contribution is -2.24. The van der Waals surface area contributed by atoms with E-state index in [1.165, 1.54) is 32.1 Å². The van der Waals surface area contributed by atoms with Crippen LogP contribution in [0.25, 0.3) is 0 Å². The molecule has 0 aliphatic heterocycles. The van der Waals surface area contributed by atoms with Crippen LogP contribution in [-0.2, 0) is 10.8 Å². The zero-order chi connectivity index (χ0) is 11.1. The molecule has 3 heteroatoms. The monoisotopic (exact) mass is 231 g/mol. The molecule has 1 aliphatic carbocycles. The minimum Gasteiger partial charge on any atom is -0.317 e. The average molecular weight is 231 g/mol. The summed E-state index contributed by atoms with van der Waals surface area (Å²) in [6, 6.07) is 0.563. The quantitative estimate of drug-likeness (QED) is 0.761. The summed E-state index contributed by atoms with van der Waals surface area (Å²) in [6.07, 6.45) is 8.60. The first kappa shape index (κ1) is 13.2. The normalized spacial score (nSPS) is 22.5. The molecule has 0 saturated heterocycles. The molecule has 0 heterocycles. The minimum absolute atomic E-state index is 0.517. The summed E-state index contributed by atoms with van der Waals surface area (Å²) in [4.78, 5) is 0. The Morgan fingerprint density at radius 1 is 1.33 bits per heavy atom. The van der Waals surface area contributed by atoms with Gasteiger partial charge in [0.1, 0.15) is 0 Å². The highest BCUT2D eigenvalue weighted by molar-refractivity contribution is 7.85. The summed E-state index contributed by atoms with van der Waals surface area (Å²) in [5, 5.41) is 3.74. The molecule has 1 rings (SSSR count). The Morgan fingerprint density at radius 2 is 2.00 bits per heavy atom. The van der Waals surface area contributed by atoms with Crippen molar-refractivity contribution in [2.45, 2.75) is 63.2 Å². The van der Waals surface area contributed by atoms with Crippen molar-refractivity contribution in [2.75, 3.05) is 12.8 Å². The number of rotatable bonds is 6. The fourth-order valence-electron chi connectivity index (χ4n) is 2.17. The standard InChI is InChI=1S/C12H25NOS/c1-11(13-2)7-6-10-15(14)12-8-4-3-5-9-12/h11-13H,3-10H2,1-2H3. The Bertz CT molecular complexity index is 190. The molecule has 0 bridgehead atoms. The Balaban J connectivity index is 2.12. The molecule has 1 fully saturated rings. The zero-order valence-electron chi connectivity index (χ0n) is 10.1. The fourth-order valence-corrected chi connectivity index (χ4v) is 3.81. The summed E-state index contributed by atoms with van der Waals surface area (Å²) in [5.74, 6) is 0.913. The molecule has 2 atom stereocenters. The van der Waals surface area contributed by atoms with Crippen LogP contribution in [0, 0.1) is 0 Å². The number of hydrogen-bond donors (Lipinski definition) is 1. The second kappa shape index (κ2) is 7.39. The molecule has 2 unspecified atom stereocenters. The van der Waals surface area contributed by atoms with E-state index >= 15 is 0 Å². The van der Waals surface area contributed by atoms with E-state index in [2.05, 4.69) is 12.2 Å². The van der Waals surface area contributed by atoms with Gasteiger partial charge in [-0.1, -0.05) is 19.3 Å². The summed E-state index contributed by atoms with van der Waals surface area (Å²) in [7, 11) is 1.44. The molecular weight excluding hydrogens is 206 g/mol. The van der Waals surface area contributed by atoms with E-state index in [1.807, 2.05) is 7.05 Å². The van der Waals surface area contributed by atoms with Crippen molar-refractivity contribution in [2.24, 2.45) is 0 Å². The maximum Gasteiger partial charge on any atom is 0.0348 e. The van der Waals surface area contributed by atoms with Gasteiger partial charge in [-0.3, -0.25) is 4.21 Å². The lowest BCUT2D eigenvalue weighted by atomic mass is 10.0. The summed E-state index contributed by atoms with van der Waals surface area (Å²) < 4.78 is 12.0. The zero-order valence-corrected chi connectivity index (χ0v) is 10.9. The third kappa shape index (κ3) is 5.12. The molecule has 2 nitrogen and oxygen atoms in total. The van der Waals surface area contributed by atoms with Gasteiger partial charge in [0.15, 0.2) is 0 Å². The van der Waals surface area contributed by atoms with Crippen LogP contribution < -0.4 is 5.32 Å². The van der Waals surface area contributed by atoms with Crippen molar-refractivity contribution in [3.05, 3.63) is 0 Å². The SMILES string of the molecule is CNC(C)CCCS(=O)C1CCCCC1. The maximum atomic E-state index is 12.0. The van der Waals surface area contributed by atoms with Gasteiger partial charge in [0, 0.05) is 27.8 Å². The number of hydrogen-bond acceptors (Lipinski definition) is 2. The Kier molecular flexibility index (Phi) is 6.50. The highest BCUT2D eigenvalue weighted by atomic mass is 32.2. The van der Waals surface area contributed by atoms with Gasteiger partial charge in [0.2, 0.25) is 0 Å². The van der Waals surface area contributed by atoms with Crippen molar-refractivity contribution in [1.29, 1.82) is 0 Å². The highest BCUT2D eigenvalue weighted by Crippen LogP contribution is 2.22. The highest BCUT2D eigenvalue weighted by Gasteiger charge is 2.19. The summed E-state index contributed by atoms with van der Waals surface area (Å²) >= 11 is 0. The van der Waals surface area contributed by atoms with Crippen LogP contribution in [0.3, 0.4) is 0 Å². The van der Waals surface area contributed by atoms with Crippen molar-refractivity contribution in [1.82, 2.24) is 5.32 Å². The van der Waals surface area contributed by atoms with Gasteiger partial charge in [0.05, 0.1) is 0 Å². The van der Waals surface area contributed by atoms with Crippen LogP contribution in [-0.4, -0.2) is 28.3 Å². The molecular formula is C12H25NOS. The van der Waals surface area contributed by atoms with Gasteiger partial charge >= 0.3 is 0 Å². The van der Waals surface area contributed by atoms with Crippen LogP contribution in [0.2, 0.25) is 0 Å². The molecule has 0 spiro atoms. The number of nitrogens with one attached hydrogen (secondary N) is 1. The van der Waals surface area contributed by atoms with Crippen LogP contribution in [0.5, 0.6) is 0 Å².